The molecule has 1 aliphatic heterocycles. The molecule has 96 valence electrons. The first-order valence-corrected chi connectivity index (χ1v) is 7.16. The van der Waals surface area contributed by atoms with Crippen LogP contribution >= 0.6 is 12.2 Å². The Labute approximate surface area is 119 Å². The summed E-state index contributed by atoms with van der Waals surface area (Å²) in [5.74, 6) is 0. The number of thiocarbonyl (C=S) groups is 1. The second-order valence-corrected chi connectivity index (χ2v) is 5.36. The monoisotopic (exact) mass is 267 g/mol. The Morgan fingerprint density at radius 2 is 1.95 bits per heavy atom. The smallest absolute Gasteiger partial charge is 0.0268 e. The third-order valence-corrected chi connectivity index (χ3v) is 4.02. The zero-order chi connectivity index (χ0) is 13.1. The Kier molecular flexibility index (Phi) is 3.72. The molecule has 1 nitrogen and oxygen atoms in total. The Morgan fingerprint density at radius 1 is 1.11 bits per heavy atom. The number of rotatable bonds is 2. The predicted octanol–water partition coefficient (Wildman–Crippen LogP) is 3.78. The average molecular weight is 267 g/mol. The molecular formula is C17H17NS. The van der Waals surface area contributed by atoms with Crippen LogP contribution in [0.25, 0.3) is 11.1 Å². The van der Waals surface area contributed by atoms with E-state index in [9.17, 15) is 0 Å². The highest BCUT2D eigenvalue weighted by molar-refractivity contribution is 7.81. The largest absolute Gasteiger partial charge is 0.313 e. The highest BCUT2D eigenvalue weighted by atomic mass is 32.1. The van der Waals surface area contributed by atoms with Crippen LogP contribution < -0.4 is 5.32 Å². The maximum atomic E-state index is 5.52. The fraction of sp³-hybridized carbons (Fsp3) is 0.235. The summed E-state index contributed by atoms with van der Waals surface area (Å²) in [4.78, 5) is 1.05. The van der Waals surface area contributed by atoms with Gasteiger partial charge in [-0.1, -0.05) is 60.8 Å². The maximum Gasteiger partial charge on any atom is 0.0268 e. The molecule has 0 unspecified atom stereocenters. The zero-order valence-electron chi connectivity index (χ0n) is 10.9. The van der Waals surface area contributed by atoms with Crippen molar-refractivity contribution in [3.63, 3.8) is 0 Å². The van der Waals surface area contributed by atoms with Crippen LogP contribution in [0.5, 0.6) is 0 Å². The van der Waals surface area contributed by atoms with Gasteiger partial charge in [-0.3, -0.25) is 0 Å². The Bertz CT molecular complexity index is 593. The van der Waals surface area contributed by atoms with E-state index >= 15 is 0 Å². The van der Waals surface area contributed by atoms with Crippen LogP contribution in [0.1, 0.15) is 24.0 Å². The molecule has 0 fully saturated rings. The maximum absolute atomic E-state index is 5.52. The molecule has 1 aromatic rings. The van der Waals surface area contributed by atoms with Gasteiger partial charge in [0.25, 0.3) is 0 Å². The van der Waals surface area contributed by atoms with Crippen molar-refractivity contribution >= 4 is 28.2 Å². The van der Waals surface area contributed by atoms with Crippen LogP contribution in [-0.2, 0) is 0 Å². The summed E-state index contributed by atoms with van der Waals surface area (Å²) in [6, 6.07) is 8.62. The lowest BCUT2D eigenvalue weighted by Gasteiger charge is -2.20. The molecule has 0 saturated carbocycles. The fourth-order valence-electron chi connectivity index (χ4n) is 2.65. The minimum absolute atomic E-state index is 0.885. The van der Waals surface area contributed by atoms with E-state index in [0.29, 0.717) is 0 Å². The number of hydrogen-bond acceptors (Lipinski definition) is 2. The first-order chi connectivity index (χ1) is 9.36. The molecule has 3 rings (SSSR count). The lowest BCUT2D eigenvalue weighted by Crippen LogP contribution is -2.20. The second kappa shape index (κ2) is 5.64. The van der Waals surface area contributed by atoms with E-state index in [2.05, 4.69) is 53.9 Å². The molecule has 0 saturated heterocycles. The summed E-state index contributed by atoms with van der Waals surface area (Å²) in [5, 5.41) is 3.36. The molecule has 0 atom stereocenters. The molecule has 1 N–H and O–H groups in total. The number of benzene rings is 1. The van der Waals surface area contributed by atoms with Gasteiger partial charge in [-0.2, -0.15) is 0 Å². The van der Waals surface area contributed by atoms with Gasteiger partial charge < -0.3 is 5.32 Å². The third kappa shape index (κ3) is 2.60. The van der Waals surface area contributed by atoms with E-state index in [1.54, 1.807) is 0 Å². The van der Waals surface area contributed by atoms with Crippen molar-refractivity contribution in [1.82, 2.24) is 5.32 Å². The van der Waals surface area contributed by atoms with Crippen LogP contribution in [-0.4, -0.2) is 18.0 Å². The molecule has 1 aliphatic carbocycles. The normalized spacial score (nSPS) is 19.1. The Balaban J connectivity index is 2.07. The van der Waals surface area contributed by atoms with Crippen molar-refractivity contribution in [1.29, 1.82) is 0 Å². The summed E-state index contributed by atoms with van der Waals surface area (Å²) in [6.45, 7) is 2.02. The average Bonchev–Trinajstić information content (AvgIpc) is 2.49. The van der Waals surface area contributed by atoms with Crippen molar-refractivity contribution in [2.24, 2.45) is 0 Å². The number of hydrogen-bond donors (Lipinski definition) is 1. The van der Waals surface area contributed by atoms with Gasteiger partial charge in [-0.05, 0) is 35.2 Å². The zero-order valence-corrected chi connectivity index (χ0v) is 11.7. The number of allylic oxidation sites excluding steroid dienone is 4. The molecule has 0 spiro atoms. The van der Waals surface area contributed by atoms with Crippen LogP contribution in [0.15, 0.2) is 48.6 Å². The molecule has 0 radical (unpaired) electrons. The van der Waals surface area contributed by atoms with E-state index in [4.69, 9.17) is 12.2 Å². The van der Waals surface area contributed by atoms with E-state index < -0.39 is 0 Å². The molecule has 1 aromatic carbocycles. The van der Waals surface area contributed by atoms with E-state index in [1.165, 1.54) is 22.3 Å². The first-order valence-electron chi connectivity index (χ1n) is 6.76. The summed E-state index contributed by atoms with van der Waals surface area (Å²) in [5.41, 5.74) is 5.28. The molecule has 2 aliphatic rings. The molecule has 1 heterocycles. The van der Waals surface area contributed by atoms with Crippen molar-refractivity contribution in [3.05, 3.63) is 59.7 Å². The van der Waals surface area contributed by atoms with Gasteiger partial charge in [0.15, 0.2) is 0 Å². The standard InChI is InChI=1S/C17H17NS/c19-17-8-4-3-7-16(17)15-6-2-1-5-14(15)13-9-11-18-12-10-13/h1-7,9,18H,8,10-12H2. The summed E-state index contributed by atoms with van der Waals surface area (Å²) >= 11 is 5.52. The van der Waals surface area contributed by atoms with Crippen molar-refractivity contribution in [2.75, 3.05) is 13.1 Å². The van der Waals surface area contributed by atoms with Crippen LogP contribution in [0.4, 0.5) is 0 Å². The molecule has 19 heavy (non-hydrogen) atoms. The summed E-state index contributed by atoms with van der Waals surface area (Å²) in [6.07, 6.45) is 10.6. The van der Waals surface area contributed by atoms with Crippen molar-refractivity contribution in [3.8, 4) is 0 Å². The predicted molar refractivity (Wildman–Crippen MR) is 86.2 cm³/mol. The van der Waals surface area contributed by atoms with E-state index in [-0.39, 0.29) is 0 Å². The van der Waals surface area contributed by atoms with Gasteiger partial charge in [0.05, 0.1) is 0 Å². The van der Waals surface area contributed by atoms with Gasteiger partial charge >= 0.3 is 0 Å². The van der Waals surface area contributed by atoms with Crippen LogP contribution in [0, 0.1) is 0 Å². The lowest BCUT2D eigenvalue weighted by molar-refractivity contribution is 0.738. The first kappa shape index (κ1) is 12.5. The Morgan fingerprint density at radius 3 is 2.68 bits per heavy atom. The van der Waals surface area contributed by atoms with Crippen molar-refractivity contribution in [2.45, 2.75) is 12.8 Å². The van der Waals surface area contributed by atoms with E-state index in [1.807, 2.05) is 0 Å². The molecule has 0 bridgehead atoms. The summed E-state index contributed by atoms with van der Waals surface area (Å²) < 4.78 is 0. The van der Waals surface area contributed by atoms with Crippen LogP contribution in [0.3, 0.4) is 0 Å². The third-order valence-electron chi connectivity index (χ3n) is 3.63. The van der Waals surface area contributed by atoms with Gasteiger partial charge in [0.1, 0.15) is 0 Å². The molecular weight excluding hydrogens is 250 g/mol. The van der Waals surface area contributed by atoms with Gasteiger partial charge in [-0.15, -0.1) is 0 Å². The van der Waals surface area contributed by atoms with E-state index in [0.717, 1.165) is 30.8 Å². The Hall–Kier alpha value is -1.51. The molecule has 0 aromatic heterocycles. The second-order valence-electron chi connectivity index (χ2n) is 4.86. The van der Waals surface area contributed by atoms with Gasteiger partial charge in [-0.25, -0.2) is 0 Å². The minimum atomic E-state index is 0.885. The fourth-order valence-corrected chi connectivity index (χ4v) is 2.92. The van der Waals surface area contributed by atoms with Crippen LogP contribution in [0.2, 0.25) is 0 Å². The minimum Gasteiger partial charge on any atom is -0.313 e. The lowest BCUT2D eigenvalue weighted by atomic mass is 9.88. The SMILES string of the molecule is S=C1CC=CC=C1c1ccccc1C1=CCNCC1. The quantitative estimate of drug-likeness (QED) is 0.819. The highest BCUT2D eigenvalue weighted by Crippen LogP contribution is 2.31. The molecule has 0 amide bonds. The highest BCUT2D eigenvalue weighted by Gasteiger charge is 2.15. The van der Waals surface area contributed by atoms with Crippen molar-refractivity contribution < 1.29 is 0 Å². The molecule has 2 heteroatoms. The van der Waals surface area contributed by atoms with Gasteiger partial charge in [0, 0.05) is 17.8 Å². The summed E-state index contributed by atoms with van der Waals surface area (Å²) in [7, 11) is 0. The number of nitrogens with one attached hydrogen (secondary N) is 1. The van der Waals surface area contributed by atoms with Gasteiger partial charge in [0.2, 0.25) is 0 Å². The topological polar surface area (TPSA) is 12.0 Å².